The molecule has 0 saturated carbocycles. The van der Waals surface area contributed by atoms with Crippen molar-refractivity contribution < 1.29 is 28.5 Å². The molecule has 0 N–H and O–H groups in total. The normalized spacial score (nSPS) is 17.2. The van der Waals surface area contributed by atoms with Crippen molar-refractivity contribution in [2.75, 3.05) is 13.7 Å². The summed E-state index contributed by atoms with van der Waals surface area (Å²) in [5.41, 5.74) is 2.77. The fourth-order valence-corrected chi connectivity index (χ4v) is 3.84. The predicted octanol–water partition coefficient (Wildman–Crippen LogP) is 5.28. The second-order valence-electron chi connectivity index (χ2n) is 7.98. The molecule has 0 spiro atoms. The number of benzene rings is 3. The Labute approximate surface area is 197 Å². The van der Waals surface area contributed by atoms with Crippen LogP contribution in [-0.4, -0.2) is 31.4 Å². The fourth-order valence-electron chi connectivity index (χ4n) is 3.84. The summed E-state index contributed by atoms with van der Waals surface area (Å²) in [6.07, 6.45) is 3.50. The summed E-state index contributed by atoms with van der Waals surface area (Å²) >= 11 is 0. The van der Waals surface area contributed by atoms with E-state index in [9.17, 15) is 9.59 Å². The molecule has 0 fully saturated rings. The Balaban J connectivity index is 1.30. The maximum Gasteiger partial charge on any atom is 0.231 e. The molecule has 0 amide bonds. The highest BCUT2D eigenvalue weighted by Gasteiger charge is 2.29. The van der Waals surface area contributed by atoms with Crippen molar-refractivity contribution in [1.29, 1.82) is 0 Å². The summed E-state index contributed by atoms with van der Waals surface area (Å²) in [4.78, 5) is 25.3. The molecule has 2 heterocycles. The first-order valence-corrected chi connectivity index (χ1v) is 10.9. The average molecular weight is 454 g/mol. The van der Waals surface area contributed by atoms with Gasteiger partial charge in [0.1, 0.15) is 29.1 Å². The van der Waals surface area contributed by atoms with Gasteiger partial charge in [-0.2, -0.15) is 0 Å². The Bertz CT molecular complexity index is 1330. The Morgan fingerprint density at radius 3 is 2.56 bits per heavy atom. The number of rotatable bonds is 6. The van der Waals surface area contributed by atoms with E-state index in [4.69, 9.17) is 18.9 Å². The molecule has 0 unspecified atom stereocenters. The number of fused-ring (bicyclic) bond motifs is 2. The van der Waals surface area contributed by atoms with Crippen LogP contribution in [0.4, 0.5) is 0 Å². The monoisotopic (exact) mass is 454 g/mol. The van der Waals surface area contributed by atoms with Gasteiger partial charge < -0.3 is 18.9 Å². The second-order valence-corrected chi connectivity index (χ2v) is 7.98. The number of ketones is 2. The lowest BCUT2D eigenvalue weighted by Crippen LogP contribution is -2.18. The number of hydrogen-bond acceptors (Lipinski definition) is 6. The van der Waals surface area contributed by atoms with Crippen molar-refractivity contribution in [2.24, 2.45) is 0 Å². The van der Waals surface area contributed by atoms with E-state index in [1.54, 1.807) is 55.7 Å². The smallest absolute Gasteiger partial charge is 0.231 e. The Morgan fingerprint density at radius 1 is 1.00 bits per heavy atom. The van der Waals surface area contributed by atoms with Crippen molar-refractivity contribution in [3.63, 3.8) is 0 Å². The van der Waals surface area contributed by atoms with Crippen molar-refractivity contribution in [1.82, 2.24) is 0 Å². The number of ether oxygens (including phenoxy) is 4. The van der Waals surface area contributed by atoms with Crippen molar-refractivity contribution in [3.05, 3.63) is 101 Å². The number of Topliss-reactive ketones (excluding diaryl/α,β-unsaturated/α-hetero) is 2. The second kappa shape index (κ2) is 8.90. The molecule has 1 atom stereocenters. The number of para-hydroxylation sites is 1. The van der Waals surface area contributed by atoms with Crippen LogP contribution in [0.15, 0.2) is 84.1 Å². The minimum absolute atomic E-state index is 0.136. The van der Waals surface area contributed by atoms with E-state index in [-0.39, 0.29) is 30.0 Å². The highest BCUT2D eigenvalue weighted by molar-refractivity contribution is 6.12. The summed E-state index contributed by atoms with van der Waals surface area (Å²) in [6.45, 7) is 1.79. The van der Waals surface area contributed by atoms with Gasteiger partial charge in [0.05, 0.1) is 12.7 Å². The maximum atomic E-state index is 12.9. The number of methoxy groups -OCH3 is 1. The van der Waals surface area contributed by atoms with E-state index >= 15 is 0 Å². The average Bonchev–Trinajstić information content (AvgIpc) is 3.17. The lowest BCUT2D eigenvalue weighted by molar-refractivity contribution is 0.0920. The molecule has 6 nitrogen and oxygen atoms in total. The van der Waals surface area contributed by atoms with Gasteiger partial charge in [-0.05, 0) is 67.1 Å². The third kappa shape index (κ3) is 4.18. The van der Waals surface area contributed by atoms with Gasteiger partial charge in [-0.1, -0.05) is 18.2 Å². The van der Waals surface area contributed by atoms with Crippen molar-refractivity contribution in [2.45, 2.75) is 13.0 Å². The topological polar surface area (TPSA) is 71.1 Å². The molecule has 0 radical (unpaired) electrons. The zero-order valence-corrected chi connectivity index (χ0v) is 18.7. The zero-order valence-electron chi connectivity index (χ0n) is 18.7. The number of allylic oxidation sites excluding steroid dienone is 1. The Kier molecular flexibility index (Phi) is 5.64. The van der Waals surface area contributed by atoms with Crippen LogP contribution in [0.2, 0.25) is 0 Å². The van der Waals surface area contributed by atoms with Crippen LogP contribution in [0, 0.1) is 0 Å². The number of hydrogen-bond donors (Lipinski definition) is 0. The van der Waals surface area contributed by atoms with E-state index < -0.39 is 0 Å². The van der Waals surface area contributed by atoms with Crippen LogP contribution in [-0.2, 0) is 0 Å². The molecule has 170 valence electrons. The van der Waals surface area contributed by atoms with Gasteiger partial charge in [0, 0.05) is 17.2 Å². The first kappa shape index (κ1) is 21.5. The molecule has 2 aliphatic rings. The highest BCUT2D eigenvalue weighted by Crippen LogP contribution is 2.36. The van der Waals surface area contributed by atoms with Crippen molar-refractivity contribution >= 4 is 17.6 Å². The predicted molar refractivity (Wildman–Crippen MR) is 127 cm³/mol. The summed E-state index contributed by atoms with van der Waals surface area (Å²) in [6, 6.07) is 19.5. The van der Waals surface area contributed by atoms with E-state index in [1.807, 2.05) is 37.3 Å². The van der Waals surface area contributed by atoms with E-state index in [0.29, 0.717) is 28.4 Å². The van der Waals surface area contributed by atoms with Gasteiger partial charge in [0.25, 0.3) is 0 Å². The molecule has 6 heteroatoms. The fraction of sp³-hybridized carbons (Fsp3) is 0.143. The summed E-state index contributed by atoms with van der Waals surface area (Å²) in [7, 11) is 1.57. The van der Waals surface area contributed by atoms with Gasteiger partial charge in [-0.3, -0.25) is 9.59 Å². The molecule has 3 aromatic rings. The minimum atomic E-state index is -0.217. The van der Waals surface area contributed by atoms with Crippen molar-refractivity contribution in [3.8, 4) is 23.0 Å². The molecular formula is C28H22O6. The van der Waals surface area contributed by atoms with Crippen LogP contribution >= 0.6 is 0 Å². The lowest BCUT2D eigenvalue weighted by Gasteiger charge is -2.22. The Hall–Kier alpha value is -4.32. The highest BCUT2D eigenvalue weighted by atomic mass is 16.5. The molecule has 3 aromatic carbocycles. The molecule has 0 aliphatic carbocycles. The van der Waals surface area contributed by atoms with E-state index in [0.717, 1.165) is 16.9 Å². The standard InChI is InChI=1S/C28H22O6/c1-17-20(13-19-5-3-4-6-25(19)33-17)14-27-28(30)23-12-11-22(15-26(23)34-27)32-16-24(29)18-7-9-21(31-2)10-8-18/h3-15,17H,16H2,1-2H3/b27-14-/t17-/m1/s1. The third-order valence-corrected chi connectivity index (χ3v) is 5.74. The largest absolute Gasteiger partial charge is 0.497 e. The van der Waals surface area contributed by atoms with Gasteiger partial charge in [-0.25, -0.2) is 0 Å². The quantitative estimate of drug-likeness (QED) is 0.373. The van der Waals surface area contributed by atoms with Crippen LogP contribution in [0.3, 0.4) is 0 Å². The Morgan fingerprint density at radius 2 is 1.76 bits per heavy atom. The van der Waals surface area contributed by atoms with Gasteiger partial charge in [-0.15, -0.1) is 0 Å². The summed E-state index contributed by atoms with van der Waals surface area (Å²) in [5, 5.41) is 0. The lowest BCUT2D eigenvalue weighted by atomic mass is 10.0. The molecular weight excluding hydrogens is 432 g/mol. The van der Waals surface area contributed by atoms with Crippen LogP contribution in [0.25, 0.3) is 6.08 Å². The van der Waals surface area contributed by atoms with Crippen LogP contribution < -0.4 is 18.9 Å². The van der Waals surface area contributed by atoms with E-state index in [1.165, 1.54) is 0 Å². The number of carbonyl (C=O) groups is 2. The molecule has 2 aliphatic heterocycles. The van der Waals surface area contributed by atoms with E-state index in [2.05, 4.69) is 0 Å². The van der Waals surface area contributed by atoms with Gasteiger partial charge in [0.15, 0.2) is 18.1 Å². The molecule has 34 heavy (non-hydrogen) atoms. The summed E-state index contributed by atoms with van der Waals surface area (Å²) in [5.74, 6) is 2.18. The van der Waals surface area contributed by atoms with Crippen LogP contribution in [0.1, 0.15) is 33.2 Å². The molecule has 0 aromatic heterocycles. The first-order valence-electron chi connectivity index (χ1n) is 10.9. The first-order chi connectivity index (χ1) is 16.5. The SMILES string of the molecule is COc1ccc(C(=O)COc2ccc3c(c2)O/C(=C\C2=Cc4ccccc4O[C@@H]2C)C3=O)cc1. The molecule has 0 saturated heterocycles. The van der Waals surface area contributed by atoms with Gasteiger partial charge >= 0.3 is 0 Å². The van der Waals surface area contributed by atoms with Gasteiger partial charge in [0.2, 0.25) is 5.78 Å². The zero-order chi connectivity index (χ0) is 23.7. The van der Waals surface area contributed by atoms with Crippen LogP contribution in [0.5, 0.6) is 23.0 Å². The minimum Gasteiger partial charge on any atom is -0.497 e. The summed E-state index contributed by atoms with van der Waals surface area (Å²) < 4.78 is 22.6. The molecule has 0 bridgehead atoms. The number of carbonyl (C=O) groups excluding carboxylic acids is 2. The maximum absolute atomic E-state index is 12.9. The molecule has 5 rings (SSSR count). The third-order valence-electron chi connectivity index (χ3n) is 5.74.